The Labute approximate surface area is 173 Å². The van der Waals surface area contributed by atoms with E-state index < -0.39 is 17.8 Å². The summed E-state index contributed by atoms with van der Waals surface area (Å²) in [6.45, 7) is 0. The van der Waals surface area contributed by atoms with E-state index in [4.69, 9.17) is 0 Å². The molecule has 2 aromatic carbocycles. The van der Waals surface area contributed by atoms with Crippen LogP contribution in [0.1, 0.15) is 5.56 Å². The smallest absolute Gasteiger partial charge is 0.308 e. The van der Waals surface area contributed by atoms with Gasteiger partial charge in [-0.1, -0.05) is 18.2 Å². The molecule has 8 nitrogen and oxygen atoms in total. The lowest BCUT2D eigenvalue weighted by Crippen LogP contribution is -2.20. The van der Waals surface area contributed by atoms with Gasteiger partial charge in [0.1, 0.15) is 0 Å². The van der Waals surface area contributed by atoms with Crippen molar-refractivity contribution in [1.29, 1.82) is 0 Å². The Bertz CT molecular complexity index is 1200. The maximum Gasteiger partial charge on any atom is 0.416 e. The lowest BCUT2D eigenvalue weighted by Gasteiger charge is -2.13. The fraction of sp³-hybridized carbons (Fsp3) is 0.0500. The molecule has 3 N–H and O–H groups in total. The van der Waals surface area contributed by atoms with Gasteiger partial charge in [0.2, 0.25) is 5.82 Å². The van der Waals surface area contributed by atoms with Crippen LogP contribution in [-0.2, 0) is 6.18 Å². The van der Waals surface area contributed by atoms with Gasteiger partial charge in [-0.25, -0.2) is 4.79 Å². The minimum Gasteiger partial charge on any atom is -0.308 e. The van der Waals surface area contributed by atoms with E-state index in [2.05, 4.69) is 36.2 Å². The first kappa shape index (κ1) is 20.0. The number of carbonyl (C=O) groups excluding carboxylic acids is 1. The number of H-pyrrole nitrogens is 1. The third kappa shape index (κ3) is 4.66. The van der Waals surface area contributed by atoms with Gasteiger partial charge in [0.05, 0.1) is 11.3 Å². The summed E-state index contributed by atoms with van der Waals surface area (Å²) < 4.78 is 38.7. The number of hydrogen-bond donors (Lipinski definition) is 3. The van der Waals surface area contributed by atoms with Crippen LogP contribution in [0.15, 0.2) is 67.0 Å². The van der Waals surface area contributed by atoms with E-state index in [1.165, 1.54) is 12.1 Å². The van der Waals surface area contributed by atoms with Crippen molar-refractivity contribution < 1.29 is 18.0 Å². The van der Waals surface area contributed by atoms with E-state index >= 15 is 0 Å². The number of rotatable bonds is 4. The van der Waals surface area contributed by atoms with Crippen molar-refractivity contribution in [2.24, 2.45) is 0 Å². The van der Waals surface area contributed by atoms with E-state index in [1.807, 2.05) is 6.07 Å². The van der Waals surface area contributed by atoms with Crippen LogP contribution in [0, 0.1) is 0 Å². The number of aromatic amines is 1. The van der Waals surface area contributed by atoms with Crippen molar-refractivity contribution in [3.8, 4) is 22.5 Å². The quantitative estimate of drug-likeness (QED) is 0.443. The normalized spacial score (nSPS) is 11.2. The molecule has 0 atom stereocenters. The Morgan fingerprint density at radius 2 is 1.84 bits per heavy atom. The first-order chi connectivity index (χ1) is 14.9. The van der Waals surface area contributed by atoms with Crippen LogP contribution in [0.25, 0.3) is 22.5 Å². The maximum absolute atomic E-state index is 12.9. The van der Waals surface area contributed by atoms with Crippen LogP contribution in [-0.4, -0.2) is 31.6 Å². The zero-order valence-corrected chi connectivity index (χ0v) is 15.7. The van der Waals surface area contributed by atoms with Crippen LogP contribution >= 0.6 is 0 Å². The molecule has 4 rings (SSSR count). The summed E-state index contributed by atoms with van der Waals surface area (Å²) >= 11 is 0. The zero-order valence-electron chi connectivity index (χ0n) is 15.7. The molecule has 0 radical (unpaired) electrons. The SMILES string of the molecule is O=C(Nc1cccc(C(F)(F)F)c1)Nc1ccc(-c2cccnc2)cc1-c1nn[nH]n1. The van der Waals surface area contributed by atoms with Gasteiger partial charge in [-0.05, 0) is 47.2 Å². The van der Waals surface area contributed by atoms with E-state index in [-0.39, 0.29) is 11.5 Å². The first-order valence-electron chi connectivity index (χ1n) is 8.94. The highest BCUT2D eigenvalue weighted by Crippen LogP contribution is 2.32. The van der Waals surface area contributed by atoms with Crippen molar-refractivity contribution in [2.75, 3.05) is 10.6 Å². The van der Waals surface area contributed by atoms with E-state index in [0.717, 1.165) is 23.3 Å². The van der Waals surface area contributed by atoms with Gasteiger partial charge < -0.3 is 10.6 Å². The molecule has 0 aliphatic rings. The second-order valence-electron chi connectivity index (χ2n) is 6.40. The van der Waals surface area contributed by atoms with Crippen molar-refractivity contribution in [2.45, 2.75) is 6.18 Å². The van der Waals surface area contributed by atoms with Gasteiger partial charge >= 0.3 is 12.2 Å². The van der Waals surface area contributed by atoms with Crippen molar-refractivity contribution in [3.63, 3.8) is 0 Å². The van der Waals surface area contributed by atoms with Crippen molar-refractivity contribution in [3.05, 3.63) is 72.6 Å². The molecule has 31 heavy (non-hydrogen) atoms. The van der Waals surface area contributed by atoms with Gasteiger partial charge in [0.15, 0.2) is 0 Å². The fourth-order valence-electron chi connectivity index (χ4n) is 2.89. The monoisotopic (exact) mass is 425 g/mol. The number of amides is 2. The minimum absolute atomic E-state index is 0.000385. The Morgan fingerprint density at radius 3 is 2.55 bits per heavy atom. The molecule has 2 amide bonds. The van der Waals surface area contributed by atoms with E-state index in [1.54, 1.807) is 36.7 Å². The summed E-state index contributed by atoms with van der Waals surface area (Å²) in [5.41, 5.74) is 1.59. The van der Waals surface area contributed by atoms with Gasteiger partial charge in [-0.3, -0.25) is 4.98 Å². The summed E-state index contributed by atoms with van der Waals surface area (Å²) in [6.07, 6.45) is -1.18. The molecule has 0 aliphatic carbocycles. The van der Waals surface area contributed by atoms with Crippen LogP contribution < -0.4 is 10.6 Å². The Morgan fingerprint density at radius 1 is 0.968 bits per heavy atom. The summed E-state index contributed by atoms with van der Waals surface area (Å²) in [4.78, 5) is 16.5. The maximum atomic E-state index is 12.9. The molecule has 0 fully saturated rings. The molecular formula is C20H14F3N7O. The molecule has 0 saturated heterocycles. The molecular weight excluding hydrogens is 411 g/mol. The van der Waals surface area contributed by atoms with Crippen LogP contribution in [0.3, 0.4) is 0 Å². The molecule has 0 aliphatic heterocycles. The molecule has 2 aromatic heterocycles. The molecule has 2 heterocycles. The highest BCUT2D eigenvalue weighted by molar-refractivity contribution is 6.02. The number of aromatic nitrogens is 5. The van der Waals surface area contributed by atoms with Gasteiger partial charge in [-0.15, -0.1) is 10.2 Å². The molecule has 156 valence electrons. The number of benzene rings is 2. The highest BCUT2D eigenvalue weighted by atomic mass is 19.4. The summed E-state index contributed by atoms with van der Waals surface area (Å²) in [5.74, 6) is 0.236. The molecule has 4 aromatic rings. The number of anilines is 2. The Hall–Kier alpha value is -4.28. The van der Waals surface area contributed by atoms with Gasteiger partial charge in [0.25, 0.3) is 0 Å². The average Bonchev–Trinajstić information content (AvgIpc) is 3.29. The minimum atomic E-state index is -4.51. The number of hydrogen-bond acceptors (Lipinski definition) is 5. The predicted molar refractivity (Wildman–Crippen MR) is 107 cm³/mol. The summed E-state index contributed by atoms with van der Waals surface area (Å²) in [5, 5.41) is 18.8. The van der Waals surface area contributed by atoms with Crippen LogP contribution in [0.5, 0.6) is 0 Å². The molecule has 0 spiro atoms. The van der Waals surface area contributed by atoms with Gasteiger partial charge in [0, 0.05) is 29.2 Å². The topological polar surface area (TPSA) is 108 Å². The number of pyridine rings is 1. The third-order valence-electron chi connectivity index (χ3n) is 4.30. The number of halogens is 3. The van der Waals surface area contributed by atoms with Crippen LogP contribution in [0.4, 0.5) is 29.3 Å². The fourth-order valence-corrected chi connectivity index (χ4v) is 2.89. The number of urea groups is 1. The largest absolute Gasteiger partial charge is 0.416 e. The lowest BCUT2D eigenvalue weighted by molar-refractivity contribution is -0.137. The standard InChI is InChI=1S/C20H14F3N7O/c21-20(22,23)14-4-1-5-15(10-14)25-19(31)26-17-7-6-12(13-3-2-8-24-11-13)9-16(17)18-27-29-30-28-18/h1-11H,(H2,25,26,31)(H,27,28,29,30). The van der Waals surface area contributed by atoms with Gasteiger partial charge in [-0.2, -0.15) is 18.4 Å². The second-order valence-corrected chi connectivity index (χ2v) is 6.40. The number of nitrogens with one attached hydrogen (secondary N) is 3. The first-order valence-corrected chi connectivity index (χ1v) is 8.94. The lowest BCUT2D eigenvalue weighted by atomic mass is 10.0. The second kappa shape index (κ2) is 8.22. The Balaban J connectivity index is 1.60. The highest BCUT2D eigenvalue weighted by Gasteiger charge is 2.30. The molecule has 0 saturated carbocycles. The molecule has 0 bridgehead atoms. The van der Waals surface area contributed by atoms with E-state index in [0.29, 0.717) is 11.3 Å². The summed E-state index contributed by atoms with van der Waals surface area (Å²) in [7, 11) is 0. The Kier molecular flexibility index (Phi) is 5.31. The predicted octanol–water partition coefficient (Wildman–Crippen LogP) is 4.59. The number of alkyl halides is 3. The number of nitrogens with zero attached hydrogens (tertiary/aromatic N) is 4. The third-order valence-corrected chi connectivity index (χ3v) is 4.30. The molecule has 0 unspecified atom stereocenters. The van der Waals surface area contributed by atoms with Crippen molar-refractivity contribution >= 4 is 17.4 Å². The van der Waals surface area contributed by atoms with Crippen LogP contribution in [0.2, 0.25) is 0 Å². The number of tetrazole rings is 1. The number of carbonyl (C=O) groups is 1. The summed E-state index contributed by atoms with van der Waals surface area (Å²) in [6, 6.07) is 12.4. The van der Waals surface area contributed by atoms with Crippen molar-refractivity contribution in [1.82, 2.24) is 25.6 Å². The zero-order chi connectivity index (χ0) is 21.8. The molecule has 11 heteroatoms. The van der Waals surface area contributed by atoms with E-state index in [9.17, 15) is 18.0 Å². The average molecular weight is 425 g/mol.